The molecule has 0 unspecified atom stereocenters. The third-order valence-corrected chi connectivity index (χ3v) is 7.09. The van der Waals surface area contributed by atoms with E-state index in [1.54, 1.807) is 0 Å². The Morgan fingerprint density at radius 2 is 1.69 bits per heavy atom. The Bertz CT molecular complexity index is 1450. The lowest BCUT2D eigenvalue weighted by Gasteiger charge is -2.22. The summed E-state index contributed by atoms with van der Waals surface area (Å²) in [6.07, 6.45) is 8.52. The predicted molar refractivity (Wildman–Crippen MR) is 139 cm³/mol. The first-order valence-corrected chi connectivity index (χ1v) is 12.5. The molecular formula is C29H29N5O. The molecule has 3 aromatic heterocycles. The van der Waals surface area contributed by atoms with E-state index in [4.69, 9.17) is 4.98 Å². The lowest BCUT2D eigenvalue weighted by molar-refractivity contribution is 0.270. The van der Waals surface area contributed by atoms with Crippen LogP contribution in [0.15, 0.2) is 72.9 Å². The van der Waals surface area contributed by atoms with Gasteiger partial charge in [-0.1, -0.05) is 73.9 Å². The van der Waals surface area contributed by atoms with Crippen LogP contribution in [-0.2, 0) is 13.2 Å². The molecule has 0 amide bonds. The van der Waals surface area contributed by atoms with Gasteiger partial charge in [0.1, 0.15) is 6.61 Å². The zero-order valence-corrected chi connectivity index (χ0v) is 19.7. The monoisotopic (exact) mass is 463 g/mol. The second kappa shape index (κ2) is 9.56. The van der Waals surface area contributed by atoms with Crippen molar-refractivity contribution in [2.24, 2.45) is 0 Å². The van der Waals surface area contributed by atoms with Gasteiger partial charge in [-0.25, -0.2) is 4.98 Å². The van der Waals surface area contributed by atoms with Crippen LogP contribution in [0.3, 0.4) is 0 Å². The van der Waals surface area contributed by atoms with E-state index in [-0.39, 0.29) is 6.61 Å². The molecule has 1 aliphatic rings. The van der Waals surface area contributed by atoms with Gasteiger partial charge in [-0.3, -0.25) is 4.40 Å². The Hall–Kier alpha value is -3.61. The molecule has 1 saturated carbocycles. The molecule has 1 aliphatic carbocycles. The number of aliphatic hydroxyl groups excluding tert-OH is 1. The van der Waals surface area contributed by atoms with E-state index in [0.29, 0.717) is 17.5 Å². The second-order valence-electron chi connectivity index (χ2n) is 9.38. The van der Waals surface area contributed by atoms with Gasteiger partial charge in [0, 0.05) is 35.3 Å². The normalized spacial score (nSPS) is 14.7. The molecule has 6 nitrogen and oxygen atoms in total. The highest BCUT2D eigenvalue weighted by Crippen LogP contribution is 2.34. The lowest BCUT2D eigenvalue weighted by atomic mass is 9.95. The van der Waals surface area contributed by atoms with E-state index < -0.39 is 0 Å². The van der Waals surface area contributed by atoms with Gasteiger partial charge in [0.2, 0.25) is 0 Å². The number of rotatable bonds is 6. The van der Waals surface area contributed by atoms with Crippen molar-refractivity contribution < 1.29 is 5.11 Å². The molecule has 0 atom stereocenters. The molecule has 35 heavy (non-hydrogen) atoms. The van der Waals surface area contributed by atoms with Crippen molar-refractivity contribution in [1.82, 2.24) is 24.9 Å². The number of hydrogen-bond acceptors (Lipinski definition) is 5. The highest BCUT2D eigenvalue weighted by Gasteiger charge is 2.16. The van der Waals surface area contributed by atoms with Crippen LogP contribution >= 0.6 is 0 Å². The number of benzene rings is 2. The smallest absolute Gasteiger partial charge is 0.170 e. The van der Waals surface area contributed by atoms with Crippen LogP contribution in [0.4, 0.5) is 0 Å². The van der Waals surface area contributed by atoms with Crippen molar-refractivity contribution in [1.29, 1.82) is 0 Å². The van der Waals surface area contributed by atoms with Gasteiger partial charge >= 0.3 is 0 Å². The Labute approximate surface area is 204 Å². The number of nitrogens with one attached hydrogen (secondary N) is 1. The maximum Gasteiger partial charge on any atom is 0.170 e. The van der Waals surface area contributed by atoms with Gasteiger partial charge in [0.15, 0.2) is 11.5 Å². The van der Waals surface area contributed by atoms with E-state index in [2.05, 4.69) is 58.0 Å². The molecule has 5 aromatic rings. The highest BCUT2D eigenvalue weighted by molar-refractivity contribution is 5.98. The summed E-state index contributed by atoms with van der Waals surface area (Å²) in [6.45, 7) is 0.741. The molecule has 6 heteroatoms. The van der Waals surface area contributed by atoms with Crippen LogP contribution in [0, 0.1) is 0 Å². The third-order valence-electron chi connectivity index (χ3n) is 7.09. The number of aliphatic hydroxyl groups is 1. The summed E-state index contributed by atoms with van der Waals surface area (Å²) in [6, 6.07) is 23.9. The highest BCUT2D eigenvalue weighted by atomic mass is 16.3. The molecule has 6 rings (SSSR count). The summed E-state index contributed by atoms with van der Waals surface area (Å²) in [4.78, 5) is 5.10. The number of aromatic nitrogens is 4. The molecule has 0 saturated heterocycles. The van der Waals surface area contributed by atoms with Crippen LogP contribution in [0.25, 0.3) is 38.9 Å². The molecule has 176 valence electrons. The minimum atomic E-state index is -0.161. The Morgan fingerprint density at radius 1 is 0.886 bits per heavy atom. The van der Waals surface area contributed by atoms with Crippen molar-refractivity contribution >= 4 is 16.6 Å². The molecule has 3 heterocycles. The number of nitrogens with zero attached hydrogens (tertiary/aromatic N) is 4. The molecule has 0 aliphatic heterocycles. The predicted octanol–water partition coefficient (Wildman–Crippen LogP) is 5.53. The third kappa shape index (κ3) is 4.31. The summed E-state index contributed by atoms with van der Waals surface area (Å²) < 4.78 is 1.83. The second-order valence-corrected chi connectivity index (χ2v) is 9.38. The molecule has 2 aromatic carbocycles. The first-order chi connectivity index (χ1) is 17.3. The number of fused-ring (bicyclic) bond motifs is 3. The van der Waals surface area contributed by atoms with E-state index in [9.17, 15) is 5.11 Å². The van der Waals surface area contributed by atoms with E-state index >= 15 is 0 Å². The van der Waals surface area contributed by atoms with Gasteiger partial charge < -0.3 is 10.4 Å². The quantitative estimate of drug-likeness (QED) is 0.346. The van der Waals surface area contributed by atoms with Gasteiger partial charge in [-0.15, -0.1) is 10.2 Å². The first-order valence-electron chi connectivity index (χ1n) is 12.5. The van der Waals surface area contributed by atoms with Gasteiger partial charge in [0.25, 0.3) is 0 Å². The first kappa shape index (κ1) is 21.9. The maximum atomic E-state index is 9.61. The SMILES string of the molecule is OCc1nnc2c3cc(-c4ccccc4)c(-c4ccc(CNC5CCCCC5)cc4)nc3ccn12. The van der Waals surface area contributed by atoms with Crippen molar-refractivity contribution in [3.05, 3.63) is 84.3 Å². The topological polar surface area (TPSA) is 75.3 Å². The zero-order valence-electron chi connectivity index (χ0n) is 19.7. The fourth-order valence-corrected chi connectivity index (χ4v) is 5.16. The van der Waals surface area contributed by atoms with E-state index in [0.717, 1.165) is 39.8 Å². The molecule has 0 spiro atoms. The van der Waals surface area contributed by atoms with Gasteiger partial charge in [-0.05, 0) is 36.1 Å². The Morgan fingerprint density at radius 3 is 2.46 bits per heavy atom. The van der Waals surface area contributed by atoms with Gasteiger partial charge in [-0.2, -0.15) is 0 Å². The largest absolute Gasteiger partial charge is 0.388 e. The lowest BCUT2D eigenvalue weighted by Crippen LogP contribution is -2.30. The van der Waals surface area contributed by atoms with Crippen molar-refractivity contribution in [2.75, 3.05) is 0 Å². The minimum Gasteiger partial charge on any atom is -0.388 e. The van der Waals surface area contributed by atoms with Crippen LogP contribution in [0.1, 0.15) is 43.5 Å². The number of pyridine rings is 2. The van der Waals surface area contributed by atoms with Crippen LogP contribution < -0.4 is 5.32 Å². The van der Waals surface area contributed by atoms with Crippen LogP contribution in [0.5, 0.6) is 0 Å². The summed E-state index contributed by atoms with van der Waals surface area (Å²) in [5.74, 6) is 0.518. The summed E-state index contributed by atoms with van der Waals surface area (Å²) in [5.41, 5.74) is 7.03. The minimum absolute atomic E-state index is 0.161. The fourth-order valence-electron chi connectivity index (χ4n) is 5.16. The fraction of sp³-hybridized carbons (Fsp3) is 0.276. The average Bonchev–Trinajstić information content (AvgIpc) is 3.36. The maximum absolute atomic E-state index is 9.61. The Kier molecular flexibility index (Phi) is 5.98. The summed E-state index contributed by atoms with van der Waals surface area (Å²) in [7, 11) is 0. The molecule has 2 N–H and O–H groups in total. The van der Waals surface area contributed by atoms with Crippen molar-refractivity contribution in [2.45, 2.75) is 51.3 Å². The van der Waals surface area contributed by atoms with Crippen LogP contribution in [0.2, 0.25) is 0 Å². The standard InChI is InChI=1S/C29H29N5O/c35-19-27-32-33-29-25-17-24(21-7-3-1-4-8-21)28(31-26(25)15-16-34(27)29)22-13-11-20(12-14-22)18-30-23-9-5-2-6-10-23/h1,3-4,7-8,11-17,23,30,35H,2,5-6,9-10,18-19H2. The summed E-state index contributed by atoms with van der Waals surface area (Å²) >= 11 is 0. The van der Waals surface area contributed by atoms with Crippen LogP contribution in [-0.4, -0.2) is 30.7 Å². The zero-order chi connectivity index (χ0) is 23.6. The average molecular weight is 464 g/mol. The van der Waals surface area contributed by atoms with E-state index in [1.807, 2.05) is 34.9 Å². The van der Waals surface area contributed by atoms with Crippen molar-refractivity contribution in [3.8, 4) is 22.4 Å². The molecular weight excluding hydrogens is 434 g/mol. The molecule has 1 fully saturated rings. The Balaban J connectivity index is 1.40. The summed E-state index contributed by atoms with van der Waals surface area (Å²) in [5, 5.41) is 22.7. The van der Waals surface area contributed by atoms with Gasteiger partial charge in [0.05, 0.1) is 11.2 Å². The molecule has 0 radical (unpaired) electrons. The van der Waals surface area contributed by atoms with Crippen molar-refractivity contribution in [3.63, 3.8) is 0 Å². The van der Waals surface area contributed by atoms with E-state index in [1.165, 1.54) is 37.7 Å². The molecule has 0 bridgehead atoms. The number of hydrogen-bond donors (Lipinski definition) is 2.